The fourth-order valence-corrected chi connectivity index (χ4v) is 10.3. The fourth-order valence-electron chi connectivity index (χ4n) is 10.3. The lowest BCUT2D eigenvalue weighted by atomic mass is 10.0. The Morgan fingerprint density at radius 2 is 0.676 bits per heavy atom. The summed E-state index contributed by atoms with van der Waals surface area (Å²) in [5.74, 6) is -0.0308. The molecule has 0 aromatic rings. The summed E-state index contributed by atoms with van der Waals surface area (Å²) in [6.45, 7) is 4.95. The fraction of sp³-hybridized carbons (Fsp3) is 0.882. The van der Waals surface area contributed by atoms with E-state index in [2.05, 4.69) is 55.6 Å². The van der Waals surface area contributed by atoms with Gasteiger partial charge in [-0.05, 0) is 83.5 Å². The Morgan fingerprint density at radius 1 is 0.378 bits per heavy atom. The summed E-state index contributed by atoms with van der Waals surface area (Å²) in [5, 5.41) is 23.3. The third-order valence-corrected chi connectivity index (χ3v) is 15.4. The molecule has 0 spiro atoms. The summed E-state index contributed by atoms with van der Waals surface area (Å²) in [6.07, 6.45) is 80.3. The van der Waals surface area contributed by atoms with Crippen LogP contribution in [0.4, 0.5) is 0 Å². The molecule has 0 aliphatic heterocycles. The van der Waals surface area contributed by atoms with Crippen molar-refractivity contribution in [2.24, 2.45) is 0 Å². The number of hydrogen-bond acceptors (Lipinski definition) is 5. The lowest BCUT2D eigenvalue weighted by Gasteiger charge is -2.22. The summed E-state index contributed by atoms with van der Waals surface area (Å²) >= 11 is 0. The molecular weight excluding hydrogens is 911 g/mol. The Bertz CT molecular complexity index is 1200. The topological polar surface area (TPSA) is 95.9 Å². The molecule has 0 saturated carbocycles. The highest BCUT2D eigenvalue weighted by molar-refractivity contribution is 5.76. The Labute approximate surface area is 462 Å². The monoisotopic (exact) mass is 1040 g/mol. The van der Waals surface area contributed by atoms with Crippen LogP contribution in [-0.2, 0) is 14.3 Å². The third-order valence-electron chi connectivity index (χ3n) is 15.4. The van der Waals surface area contributed by atoms with Gasteiger partial charge in [0.25, 0.3) is 0 Å². The van der Waals surface area contributed by atoms with Gasteiger partial charge in [-0.2, -0.15) is 0 Å². The zero-order valence-electron chi connectivity index (χ0n) is 49.8. The minimum atomic E-state index is -0.665. The van der Waals surface area contributed by atoms with Crippen molar-refractivity contribution in [2.75, 3.05) is 13.2 Å². The Hall–Kier alpha value is -1.92. The van der Waals surface area contributed by atoms with Crippen LogP contribution in [0.5, 0.6) is 0 Å². The van der Waals surface area contributed by atoms with Gasteiger partial charge >= 0.3 is 5.97 Å². The largest absolute Gasteiger partial charge is 0.466 e. The van der Waals surface area contributed by atoms with Gasteiger partial charge in [-0.25, -0.2) is 0 Å². The van der Waals surface area contributed by atoms with Crippen molar-refractivity contribution in [3.05, 3.63) is 36.5 Å². The SMILES string of the molecule is CCCCCCC/C=C\CCCCCCCC(=O)OCCCCCCCCCCC/C=C\C/C=C\CCCCCCCCCCCCCCCC(=O)NC(CO)C(O)CCCCCCCCCCCCCCCC. The molecule has 1 amide bonds. The average molecular weight is 1040 g/mol. The number of rotatable bonds is 62. The van der Waals surface area contributed by atoms with E-state index in [0.717, 1.165) is 51.4 Å². The predicted molar refractivity (Wildman–Crippen MR) is 324 cm³/mol. The van der Waals surface area contributed by atoms with Crippen LogP contribution in [0, 0.1) is 0 Å². The number of aliphatic hydroxyl groups is 2. The smallest absolute Gasteiger partial charge is 0.305 e. The number of carbonyl (C=O) groups is 2. The first kappa shape index (κ1) is 72.1. The lowest BCUT2D eigenvalue weighted by molar-refractivity contribution is -0.143. The van der Waals surface area contributed by atoms with E-state index in [4.69, 9.17) is 4.74 Å². The molecular formula is C68H129NO5. The second-order valence-corrected chi connectivity index (χ2v) is 22.8. The molecule has 6 heteroatoms. The minimum Gasteiger partial charge on any atom is -0.466 e. The standard InChI is InChI=1S/C68H129NO5/c1-3-5-7-9-11-13-15-17-36-40-44-48-52-56-60-66(71)65(64-70)69-67(72)61-57-53-49-45-41-37-34-32-30-28-26-24-22-20-19-21-23-25-27-29-31-33-35-39-43-47-51-55-59-63-74-68(73)62-58-54-50-46-42-38-18-16-14-12-10-8-6-4-2/h16,18-19,21,25,27,65-66,70-71H,3-15,17,20,22-24,26,28-64H2,1-2H3,(H,69,72)/b18-16-,21-19-,27-25-. The number of nitrogens with one attached hydrogen (secondary N) is 1. The van der Waals surface area contributed by atoms with Gasteiger partial charge in [-0.1, -0.05) is 301 Å². The summed E-state index contributed by atoms with van der Waals surface area (Å²) in [7, 11) is 0. The predicted octanol–water partition coefficient (Wildman–Crippen LogP) is 21.1. The van der Waals surface area contributed by atoms with Crippen LogP contribution in [0.25, 0.3) is 0 Å². The van der Waals surface area contributed by atoms with Crippen molar-refractivity contribution in [3.63, 3.8) is 0 Å². The number of hydrogen-bond donors (Lipinski definition) is 3. The Morgan fingerprint density at radius 3 is 1.04 bits per heavy atom. The molecule has 0 aromatic carbocycles. The van der Waals surface area contributed by atoms with E-state index in [1.807, 2.05) is 0 Å². The number of ether oxygens (including phenoxy) is 1. The molecule has 436 valence electrons. The number of esters is 1. The molecule has 74 heavy (non-hydrogen) atoms. The Kier molecular flexibility index (Phi) is 62.0. The molecule has 6 nitrogen and oxygen atoms in total. The van der Waals surface area contributed by atoms with Gasteiger partial charge in [0.15, 0.2) is 0 Å². The van der Waals surface area contributed by atoms with Gasteiger partial charge < -0.3 is 20.3 Å². The molecule has 3 N–H and O–H groups in total. The van der Waals surface area contributed by atoms with E-state index in [1.165, 1.54) is 276 Å². The maximum absolute atomic E-state index is 12.5. The van der Waals surface area contributed by atoms with Crippen LogP contribution in [0.15, 0.2) is 36.5 Å². The molecule has 2 atom stereocenters. The van der Waals surface area contributed by atoms with Gasteiger partial charge in [0, 0.05) is 12.8 Å². The minimum absolute atomic E-state index is 0.00360. The van der Waals surface area contributed by atoms with E-state index in [1.54, 1.807) is 0 Å². The van der Waals surface area contributed by atoms with E-state index in [9.17, 15) is 19.8 Å². The van der Waals surface area contributed by atoms with E-state index >= 15 is 0 Å². The van der Waals surface area contributed by atoms with Crippen molar-refractivity contribution in [1.29, 1.82) is 0 Å². The highest BCUT2D eigenvalue weighted by Gasteiger charge is 2.20. The van der Waals surface area contributed by atoms with E-state index in [-0.39, 0.29) is 18.5 Å². The van der Waals surface area contributed by atoms with Crippen LogP contribution in [0.1, 0.15) is 361 Å². The zero-order chi connectivity index (χ0) is 53.6. The van der Waals surface area contributed by atoms with Crippen molar-refractivity contribution in [2.45, 2.75) is 373 Å². The second kappa shape index (κ2) is 63.6. The van der Waals surface area contributed by atoms with Crippen molar-refractivity contribution < 1.29 is 24.5 Å². The van der Waals surface area contributed by atoms with Crippen LogP contribution < -0.4 is 5.32 Å². The van der Waals surface area contributed by atoms with E-state index < -0.39 is 12.1 Å². The van der Waals surface area contributed by atoms with E-state index in [0.29, 0.717) is 25.9 Å². The highest BCUT2D eigenvalue weighted by atomic mass is 16.5. The van der Waals surface area contributed by atoms with Gasteiger partial charge in [0.1, 0.15) is 0 Å². The number of carbonyl (C=O) groups excluding carboxylic acids is 2. The summed E-state index contributed by atoms with van der Waals surface area (Å²) in [4.78, 5) is 24.5. The molecule has 0 aliphatic carbocycles. The normalized spacial score (nSPS) is 12.8. The number of unbranched alkanes of at least 4 members (excludes halogenated alkanes) is 45. The number of amides is 1. The van der Waals surface area contributed by atoms with Crippen LogP contribution in [-0.4, -0.2) is 47.4 Å². The third kappa shape index (κ3) is 59.3. The maximum Gasteiger partial charge on any atom is 0.305 e. The molecule has 0 aromatic heterocycles. The van der Waals surface area contributed by atoms with Gasteiger partial charge in [-0.15, -0.1) is 0 Å². The summed E-state index contributed by atoms with van der Waals surface area (Å²) < 4.78 is 5.48. The van der Waals surface area contributed by atoms with Crippen molar-refractivity contribution in [1.82, 2.24) is 5.32 Å². The summed E-state index contributed by atoms with van der Waals surface area (Å²) in [6, 6.07) is -0.542. The van der Waals surface area contributed by atoms with Crippen LogP contribution in [0.3, 0.4) is 0 Å². The first-order valence-electron chi connectivity index (χ1n) is 33.2. The zero-order valence-corrected chi connectivity index (χ0v) is 49.8. The quantitative estimate of drug-likeness (QED) is 0.0320. The van der Waals surface area contributed by atoms with Crippen molar-refractivity contribution >= 4 is 11.9 Å². The lowest BCUT2D eigenvalue weighted by Crippen LogP contribution is -2.45. The molecule has 0 bridgehead atoms. The van der Waals surface area contributed by atoms with Crippen molar-refractivity contribution in [3.8, 4) is 0 Å². The number of aliphatic hydroxyl groups excluding tert-OH is 2. The molecule has 2 unspecified atom stereocenters. The van der Waals surface area contributed by atoms with Crippen LogP contribution in [0.2, 0.25) is 0 Å². The summed E-state index contributed by atoms with van der Waals surface area (Å²) in [5.41, 5.74) is 0. The molecule has 0 saturated heterocycles. The number of allylic oxidation sites excluding steroid dienone is 6. The molecule has 0 radical (unpaired) electrons. The highest BCUT2D eigenvalue weighted by Crippen LogP contribution is 2.18. The molecule has 0 aliphatic rings. The van der Waals surface area contributed by atoms with Gasteiger partial charge in [-0.3, -0.25) is 9.59 Å². The Balaban J connectivity index is 3.40. The maximum atomic E-state index is 12.5. The first-order valence-corrected chi connectivity index (χ1v) is 33.2. The van der Waals surface area contributed by atoms with Gasteiger partial charge in [0.2, 0.25) is 5.91 Å². The average Bonchev–Trinajstić information content (AvgIpc) is 3.40. The van der Waals surface area contributed by atoms with Gasteiger partial charge in [0.05, 0.1) is 25.4 Å². The molecule has 0 rings (SSSR count). The van der Waals surface area contributed by atoms with Crippen LogP contribution >= 0.6 is 0 Å². The molecule has 0 heterocycles. The second-order valence-electron chi connectivity index (χ2n) is 22.8. The molecule has 0 fully saturated rings. The first-order chi connectivity index (χ1) is 36.5.